The lowest BCUT2D eigenvalue weighted by Crippen LogP contribution is -2.24. The molecule has 1 fully saturated rings. The third-order valence-corrected chi connectivity index (χ3v) is 11.8. The van der Waals surface area contributed by atoms with Gasteiger partial charge in [-0.05, 0) is 130 Å². The van der Waals surface area contributed by atoms with Gasteiger partial charge in [0, 0.05) is 30.4 Å². The Morgan fingerprint density at radius 1 is 0.569 bits per heavy atom. The van der Waals surface area contributed by atoms with Gasteiger partial charge in [-0.3, -0.25) is 9.97 Å². The van der Waals surface area contributed by atoms with Crippen LogP contribution in [0.1, 0.15) is 100 Å². The van der Waals surface area contributed by atoms with Gasteiger partial charge in [0.25, 0.3) is 0 Å². The van der Waals surface area contributed by atoms with Crippen LogP contribution in [0.15, 0.2) is 146 Å². The summed E-state index contributed by atoms with van der Waals surface area (Å²) >= 11 is 0. The van der Waals surface area contributed by atoms with Crippen LogP contribution in [-0.2, 0) is 24.6 Å². The average Bonchev–Trinajstić information content (AvgIpc) is 3.28. The van der Waals surface area contributed by atoms with E-state index in [4.69, 9.17) is 9.10 Å². The lowest BCUT2D eigenvalue weighted by Gasteiger charge is -2.34. The number of rotatable bonds is 10. The molecule has 58 heavy (non-hydrogen) atoms. The lowest BCUT2D eigenvalue weighted by atomic mass is 9.71. The van der Waals surface area contributed by atoms with Crippen molar-refractivity contribution in [2.24, 2.45) is 5.41 Å². The molecule has 0 aliphatic heterocycles. The van der Waals surface area contributed by atoms with Crippen molar-refractivity contribution in [1.82, 2.24) is 9.97 Å². The second kappa shape index (κ2) is 16.7. The van der Waals surface area contributed by atoms with Gasteiger partial charge in [0.2, 0.25) is 0 Å². The first-order valence-corrected chi connectivity index (χ1v) is 21.0. The molecule has 0 amide bonds. The van der Waals surface area contributed by atoms with E-state index in [-0.39, 0.29) is 11.0 Å². The van der Waals surface area contributed by atoms with Gasteiger partial charge in [-0.1, -0.05) is 174 Å². The number of benzene rings is 5. The van der Waals surface area contributed by atoms with Crippen LogP contribution in [0.3, 0.4) is 0 Å². The Hall–Kier alpha value is -5.60. The van der Waals surface area contributed by atoms with Gasteiger partial charge in [0.05, 0.1) is 11.4 Å². The van der Waals surface area contributed by atoms with Crippen molar-refractivity contribution in [2.75, 3.05) is 0 Å². The first-order valence-electron chi connectivity index (χ1n) is 23.5. The van der Waals surface area contributed by atoms with E-state index >= 15 is 0 Å². The van der Waals surface area contributed by atoms with Crippen molar-refractivity contribution in [3.8, 4) is 55.9 Å². The first kappa shape index (κ1) is 33.4. The molecule has 292 valence electrons. The molecular formula is C56H58N2. The number of nitrogens with zero attached hydrogens (tertiary/aromatic N) is 2. The molecule has 2 heteroatoms. The largest absolute Gasteiger partial charge is 0.256 e. The van der Waals surface area contributed by atoms with E-state index < -0.39 is 18.6 Å². The predicted octanol–water partition coefficient (Wildman–Crippen LogP) is 15.0. The summed E-state index contributed by atoms with van der Waals surface area (Å²) < 4.78 is 41.4. The van der Waals surface area contributed by atoms with Crippen molar-refractivity contribution < 1.29 is 6.85 Å². The van der Waals surface area contributed by atoms with Crippen molar-refractivity contribution in [2.45, 2.75) is 98.2 Å². The van der Waals surface area contributed by atoms with Crippen LogP contribution in [0.2, 0.25) is 0 Å². The van der Waals surface area contributed by atoms with Crippen LogP contribution >= 0.6 is 0 Å². The minimum absolute atomic E-state index is 0.195. The van der Waals surface area contributed by atoms with E-state index in [1.165, 1.54) is 71.7 Å². The Morgan fingerprint density at radius 3 is 1.84 bits per heavy atom. The summed E-state index contributed by atoms with van der Waals surface area (Å²) in [6, 6.07) is 46.9. The van der Waals surface area contributed by atoms with Crippen LogP contribution in [0, 0.1) is 19.2 Å². The van der Waals surface area contributed by atoms with E-state index in [0.717, 1.165) is 57.6 Å². The number of hydrogen-bond acceptors (Lipinski definition) is 2. The van der Waals surface area contributed by atoms with Crippen molar-refractivity contribution in [1.29, 1.82) is 0 Å². The Kier molecular flexibility index (Phi) is 9.62. The Balaban J connectivity index is 1.03. The fourth-order valence-corrected chi connectivity index (χ4v) is 8.69. The molecule has 2 aromatic heterocycles. The fourth-order valence-electron chi connectivity index (χ4n) is 8.69. The SMILES string of the molecule is [2H]C([2H])([2H])c1ccc(-c2ccc(CCc3cc(C)cc(-c4ccccc4-c4ccc(-c5cc(-c6ccc(C7(C)CCCCC7)cc6)c(C([2H])([2H])C(C)(C)C)cn5)cc4)c3)cc2)nc1. The summed E-state index contributed by atoms with van der Waals surface area (Å²) in [5.41, 5.74) is 15.6. The van der Waals surface area contributed by atoms with Crippen molar-refractivity contribution in [3.63, 3.8) is 0 Å². The van der Waals surface area contributed by atoms with E-state index in [0.29, 0.717) is 5.56 Å². The minimum atomic E-state index is -2.16. The zero-order valence-corrected chi connectivity index (χ0v) is 34.7. The molecule has 2 heterocycles. The summed E-state index contributed by atoms with van der Waals surface area (Å²) in [6.45, 7) is 8.27. The van der Waals surface area contributed by atoms with E-state index in [1.54, 1.807) is 18.3 Å². The quantitative estimate of drug-likeness (QED) is 0.139. The van der Waals surface area contributed by atoms with Gasteiger partial charge in [0.15, 0.2) is 0 Å². The molecule has 5 aromatic carbocycles. The summed E-state index contributed by atoms with van der Waals surface area (Å²) in [7, 11) is 0. The van der Waals surface area contributed by atoms with Crippen molar-refractivity contribution in [3.05, 3.63) is 179 Å². The van der Waals surface area contributed by atoms with Crippen LogP contribution < -0.4 is 0 Å². The van der Waals surface area contributed by atoms with Crippen LogP contribution in [0.25, 0.3) is 55.9 Å². The number of aromatic nitrogens is 2. The molecule has 0 saturated heterocycles. The molecule has 1 aliphatic carbocycles. The van der Waals surface area contributed by atoms with Gasteiger partial charge >= 0.3 is 0 Å². The van der Waals surface area contributed by atoms with Gasteiger partial charge in [-0.15, -0.1) is 0 Å². The maximum absolute atomic E-state index is 9.29. The molecular weight excluding hydrogens is 701 g/mol. The zero-order valence-electron chi connectivity index (χ0n) is 39.7. The van der Waals surface area contributed by atoms with Gasteiger partial charge in [-0.2, -0.15) is 0 Å². The highest BCUT2D eigenvalue weighted by Crippen LogP contribution is 2.41. The molecule has 1 aliphatic rings. The molecule has 0 spiro atoms. The summed E-state index contributed by atoms with van der Waals surface area (Å²) in [4.78, 5) is 9.32. The first-order chi connectivity index (χ1) is 30.0. The van der Waals surface area contributed by atoms with Crippen LogP contribution in [0.4, 0.5) is 0 Å². The number of pyridine rings is 2. The van der Waals surface area contributed by atoms with Gasteiger partial charge < -0.3 is 0 Å². The average molecular weight is 764 g/mol. The van der Waals surface area contributed by atoms with Crippen LogP contribution in [0.5, 0.6) is 0 Å². The molecule has 0 unspecified atom stereocenters. The van der Waals surface area contributed by atoms with Crippen molar-refractivity contribution >= 4 is 0 Å². The molecule has 0 atom stereocenters. The Morgan fingerprint density at radius 2 is 1.17 bits per heavy atom. The van der Waals surface area contributed by atoms with E-state index in [1.807, 2.05) is 20.8 Å². The van der Waals surface area contributed by atoms with Crippen LogP contribution in [-0.4, -0.2) is 9.97 Å². The monoisotopic (exact) mass is 763 g/mol. The second-order valence-corrected chi connectivity index (χ2v) is 17.6. The molecule has 2 nitrogen and oxygen atoms in total. The topological polar surface area (TPSA) is 25.8 Å². The summed E-state index contributed by atoms with van der Waals surface area (Å²) in [5.74, 6) is 0. The molecule has 8 rings (SSSR count). The summed E-state index contributed by atoms with van der Waals surface area (Å²) in [6.07, 6.45) is 9.67. The van der Waals surface area contributed by atoms with Gasteiger partial charge in [0.1, 0.15) is 0 Å². The van der Waals surface area contributed by atoms with Gasteiger partial charge in [-0.25, -0.2) is 0 Å². The smallest absolute Gasteiger partial charge is 0.0708 e. The minimum Gasteiger partial charge on any atom is -0.256 e. The third-order valence-electron chi connectivity index (χ3n) is 11.8. The zero-order chi connectivity index (χ0) is 44.6. The molecule has 0 radical (unpaired) electrons. The van der Waals surface area contributed by atoms with E-state index in [2.05, 4.69) is 140 Å². The predicted molar refractivity (Wildman–Crippen MR) is 246 cm³/mol. The molecule has 0 bridgehead atoms. The fraction of sp³-hybridized carbons (Fsp3) is 0.286. The standard InChI is InChI=1S/C56H58N2/c1-39-14-29-53(57-37-39)45-19-17-41(18-20-45)15-16-42-32-40(2)33-47(34-42)51-13-9-8-12-50(51)43-21-23-46(24-22-43)54-35-52(48(38-58-54)36-55(3,4)5)44-25-27-49(28-26-44)56(6)30-10-7-11-31-56/h8-9,12-14,17-29,32-35,37-38H,7,10-11,15-16,30-31,36H2,1-6H3/i1D3,36D2. The second-order valence-electron chi connectivity index (χ2n) is 17.6. The normalized spacial score (nSPS) is 15.8. The number of aryl methyl sites for hydroxylation is 4. The number of hydrogen-bond donors (Lipinski definition) is 0. The Labute approximate surface area is 354 Å². The Bertz CT molecular complexity index is 2680. The molecule has 7 aromatic rings. The highest BCUT2D eigenvalue weighted by atomic mass is 14.7. The maximum atomic E-state index is 9.29. The summed E-state index contributed by atoms with van der Waals surface area (Å²) in [5, 5.41) is 0. The van der Waals surface area contributed by atoms with E-state index in [9.17, 15) is 2.74 Å². The maximum Gasteiger partial charge on any atom is 0.0708 e. The lowest BCUT2D eigenvalue weighted by molar-refractivity contribution is 0.319. The molecule has 1 saturated carbocycles. The third kappa shape index (κ3) is 9.08. The molecule has 0 N–H and O–H groups in total. The highest BCUT2D eigenvalue weighted by Gasteiger charge is 2.28. The highest BCUT2D eigenvalue weighted by molar-refractivity contribution is 5.85.